The standard InChI is InChI=1S/C16H18N2O4/c1-18(11-16(20)21)15(19)9-5-8-14-17-10-13(22-14)12-6-3-2-4-7-12/h2-4,6-7,10H,5,8-9,11H2,1H3,(H,20,21). The van der Waals surface area contributed by atoms with Crippen molar-refractivity contribution in [3.63, 3.8) is 0 Å². The van der Waals surface area contributed by atoms with E-state index in [1.165, 1.54) is 11.9 Å². The first-order valence-electron chi connectivity index (χ1n) is 7.02. The van der Waals surface area contributed by atoms with E-state index in [4.69, 9.17) is 9.52 Å². The highest BCUT2D eigenvalue weighted by Crippen LogP contribution is 2.20. The lowest BCUT2D eigenvalue weighted by molar-refractivity contribution is -0.143. The van der Waals surface area contributed by atoms with E-state index in [0.717, 1.165) is 5.56 Å². The maximum atomic E-state index is 11.7. The second-order valence-corrected chi connectivity index (χ2v) is 4.98. The lowest BCUT2D eigenvalue weighted by Crippen LogP contribution is -2.31. The lowest BCUT2D eigenvalue weighted by atomic mass is 10.2. The molecular formula is C16H18N2O4. The molecule has 0 aliphatic heterocycles. The first-order chi connectivity index (χ1) is 10.6. The molecule has 0 fully saturated rings. The van der Waals surface area contributed by atoms with Crippen molar-refractivity contribution >= 4 is 11.9 Å². The van der Waals surface area contributed by atoms with Crippen LogP contribution in [-0.4, -0.2) is 40.5 Å². The lowest BCUT2D eigenvalue weighted by Gasteiger charge is -2.13. The number of carboxylic acids is 1. The minimum Gasteiger partial charge on any atom is -0.480 e. The Morgan fingerprint density at radius 2 is 2.00 bits per heavy atom. The zero-order valence-corrected chi connectivity index (χ0v) is 12.4. The van der Waals surface area contributed by atoms with Gasteiger partial charge in [0.25, 0.3) is 0 Å². The molecule has 1 heterocycles. The van der Waals surface area contributed by atoms with Crippen molar-refractivity contribution in [3.8, 4) is 11.3 Å². The van der Waals surface area contributed by atoms with Crippen LogP contribution in [0.4, 0.5) is 0 Å². The molecule has 0 saturated carbocycles. The molecule has 1 aromatic heterocycles. The predicted octanol–water partition coefficient (Wildman–Crippen LogP) is 2.21. The van der Waals surface area contributed by atoms with Crippen molar-refractivity contribution in [2.45, 2.75) is 19.3 Å². The van der Waals surface area contributed by atoms with Crippen molar-refractivity contribution in [2.75, 3.05) is 13.6 Å². The van der Waals surface area contributed by atoms with Crippen molar-refractivity contribution in [1.29, 1.82) is 0 Å². The van der Waals surface area contributed by atoms with Crippen molar-refractivity contribution in [1.82, 2.24) is 9.88 Å². The maximum absolute atomic E-state index is 11.7. The Morgan fingerprint density at radius 1 is 1.27 bits per heavy atom. The van der Waals surface area contributed by atoms with Gasteiger partial charge >= 0.3 is 5.97 Å². The molecule has 0 radical (unpaired) electrons. The number of aromatic nitrogens is 1. The Morgan fingerprint density at radius 3 is 2.68 bits per heavy atom. The van der Waals surface area contributed by atoms with Crippen LogP contribution in [0.25, 0.3) is 11.3 Å². The third kappa shape index (κ3) is 4.44. The van der Waals surface area contributed by atoms with E-state index in [0.29, 0.717) is 24.5 Å². The maximum Gasteiger partial charge on any atom is 0.323 e. The summed E-state index contributed by atoms with van der Waals surface area (Å²) in [7, 11) is 1.48. The van der Waals surface area contributed by atoms with Crippen molar-refractivity contribution < 1.29 is 19.1 Å². The van der Waals surface area contributed by atoms with E-state index in [1.807, 2.05) is 30.3 Å². The quantitative estimate of drug-likeness (QED) is 0.847. The van der Waals surface area contributed by atoms with Gasteiger partial charge in [-0.15, -0.1) is 0 Å². The van der Waals surface area contributed by atoms with E-state index in [-0.39, 0.29) is 18.9 Å². The Hall–Kier alpha value is -2.63. The number of carbonyl (C=O) groups excluding carboxylic acids is 1. The topological polar surface area (TPSA) is 83.6 Å². The van der Waals surface area contributed by atoms with E-state index in [1.54, 1.807) is 6.20 Å². The van der Waals surface area contributed by atoms with E-state index < -0.39 is 5.97 Å². The minimum absolute atomic E-state index is 0.197. The number of hydrogen-bond acceptors (Lipinski definition) is 4. The van der Waals surface area contributed by atoms with E-state index >= 15 is 0 Å². The average Bonchev–Trinajstić information content (AvgIpc) is 2.96. The van der Waals surface area contributed by atoms with Gasteiger partial charge in [0.15, 0.2) is 11.7 Å². The van der Waals surface area contributed by atoms with Gasteiger partial charge < -0.3 is 14.4 Å². The average molecular weight is 302 g/mol. The molecule has 0 aliphatic carbocycles. The highest BCUT2D eigenvalue weighted by atomic mass is 16.4. The number of carbonyl (C=O) groups is 2. The van der Waals surface area contributed by atoms with E-state index in [9.17, 15) is 9.59 Å². The number of benzene rings is 1. The molecule has 0 spiro atoms. The van der Waals surface area contributed by atoms with Crippen LogP contribution in [0.5, 0.6) is 0 Å². The van der Waals surface area contributed by atoms with Crippen LogP contribution in [-0.2, 0) is 16.0 Å². The SMILES string of the molecule is CN(CC(=O)O)C(=O)CCCc1ncc(-c2ccccc2)o1. The third-order valence-electron chi connectivity index (χ3n) is 3.19. The van der Waals surface area contributed by atoms with Crippen LogP contribution in [0.15, 0.2) is 40.9 Å². The van der Waals surface area contributed by atoms with Gasteiger partial charge in [-0.1, -0.05) is 30.3 Å². The summed E-state index contributed by atoms with van der Waals surface area (Å²) in [5.41, 5.74) is 0.957. The van der Waals surface area contributed by atoms with Crippen LogP contribution < -0.4 is 0 Å². The van der Waals surface area contributed by atoms with Gasteiger partial charge in [0.05, 0.1) is 6.20 Å². The molecule has 1 aromatic carbocycles. The van der Waals surface area contributed by atoms with Crippen LogP contribution in [0.3, 0.4) is 0 Å². The summed E-state index contributed by atoms with van der Waals surface area (Å²) in [5, 5.41) is 8.63. The first-order valence-corrected chi connectivity index (χ1v) is 7.02. The summed E-state index contributed by atoms with van der Waals surface area (Å²) in [5.74, 6) is 0.0609. The predicted molar refractivity (Wildman–Crippen MR) is 80.1 cm³/mol. The third-order valence-corrected chi connectivity index (χ3v) is 3.19. The van der Waals surface area contributed by atoms with Crippen LogP contribution >= 0.6 is 0 Å². The Labute approximate surface area is 128 Å². The number of amides is 1. The normalized spacial score (nSPS) is 10.4. The molecule has 6 heteroatoms. The molecule has 2 rings (SSSR count). The fourth-order valence-corrected chi connectivity index (χ4v) is 2.03. The number of aryl methyl sites for hydroxylation is 1. The number of aliphatic carboxylic acids is 1. The zero-order valence-electron chi connectivity index (χ0n) is 12.4. The molecule has 0 saturated heterocycles. The van der Waals surface area contributed by atoms with Crippen LogP contribution in [0, 0.1) is 0 Å². The monoisotopic (exact) mass is 302 g/mol. The summed E-state index contributed by atoms with van der Waals surface area (Å²) in [4.78, 5) is 27.6. The van der Waals surface area contributed by atoms with Gasteiger partial charge in [-0.05, 0) is 6.42 Å². The largest absolute Gasteiger partial charge is 0.480 e. The van der Waals surface area contributed by atoms with Crippen LogP contribution in [0.1, 0.15) is 18.7 Å². The fraction of sp³-hybridized carbons (Fsp3) is 0.312. The molecule has 0 bridgehead atoms. The number of oxazole rings is 1. The fourth-order valence-electron chi connectivity index (χ4n) is 2.03. The van der Waals surface area contributed by atoms with Gasteiger partial charge in [-0.3, -0.25) is 9.59 Å². The molecule has 1 amide bonds. The molecule has 6 nitrogen and oxygen atoms in total. The molecule has 0 aliphatic rings. The molecular weight excluding hydrogens is 284 g/mol. The highest BCUT2D eigenvalue weighted by molar-refractivity contribution is 5.80. The summed E-state index contributed by atoms with van der Waals surface area (Å²) in [6, 6.07) is 9.66. The number of nitrogens with zero attached hydrogens (tertiary/aromatic N) is 2. The van der Waals surface area contributed by atoms with Crippen molar-refractivity contribution in [3.05, 3.63) is 42.4 Å². The number of carboxylic acid groups (broad SMARTS) is 1. The molecule has 1 N–H and O–H groups in total. The molecule has 0 atom stereocenters. The zero-order chi connectivity index (χ0) is 15.9. The molecule has 22 heavy (non-hydrogen) atoms. The second kappa shape index (κ2) is 7.40. The van der Waals surface area contributed by atoms with Gasteiger partial charge in [0.2, 0.25) is 5.91 Å². The summed E-state index contributed by atoms with van der Waals surface area (Å²) in [6.45, 7) is -0.282. The van der Waals surface area contributed by atoms with Gasteiger partial charge in [-0.2, -0.15) is 0 Å². The molecule has 0 unspecified atom stereocenters. The number of likely N-dealkylation sites (N-methyl/N-ethyl adjacent to an activating group) is 1. The number of hydrogen-bond donors (Lipinski definition) is 1. The van der Waals surface area contributed by atoms with Crippen molar-refractivity contribution in [2.24, 2.45) is 0 Å². The minimum atomic E-state index is -1.02. The first kappa shape index (κ1) is 15.8. The molecule has 116 valence electrons. The van der Waals surface area contributed by atoms with E-state index in [2.05, 4.69) is 4.98 Å². The smallest absolute Gasteiger partial charge is 0.323 e. The summed E-state index contributed by atoms with van der Waals surface area (Å²) in [6.07, 6.45) is 3.05. The summed E-state index contributed by atoms with van der Waals surface area (Å²) >= 11 is 0. The van der Waals surface area contributed by atoms with Crippen LogP contribution in [0.2, 0.25) is 0 Å². The highest BCUT2D eigenvalue weighted by Gasteiger charge is 2.12. The Balaban J connectivity index is 1.82. The Kier molecular flexibility index (Phi) is 5.30. The van der Waals surface area contributed by atoms with Gasteiger partial charge in [-0.25, -0.2) is 4.98 Å². The Bertz CT molecular complexity index is 637. The van der Waals surface area contributed by atoms with Gasteiger partial charge in [0, 0.05) is 25.5 Å². The second-order valence-electron chi connectivity index (χ2n) is 4.98. The number of rotatable bonds is 7. The van der Waals surface area contributed by atoms with Gasteiger partial charge in [0.1, 0.15) is 6.54 Å². The summed E-state index contributed by atoms with van der Waals surface area (Å²) < 4.78 is 5.65. The molecule has 2 aromatic rings.